The average Bonchev–Trinajstić information content (AvgIpc) is 3.04. The topological polar surface area (TPSA) is 42.2 Å². The number of nitrogens with one attached hydrogen (secondary N) is 1. The van der Waals surface area contributed by atoms with Crippen LogP contribution in [0.25, 0.3) is 5.52 Å². The van der Waals surface area contributed by atoms with E-state index in [1.807, 2.05) is 29.2 Å². The second-order valence-corrected chi connectivity index (χ2v) is 5.36. The summed E-state index contributed by atoms with van der Waals surface area (Å²) in [4.78, 5) is 4.45. The molecular weight excluding hydrogens is 212 g/mol. The van der Waals surface area contributed by atoms with Crippen molar-refractivity contribution in [2.75, 3.05) is 5.32 Å². The molecule has 2 fully saturated rings. The summed E-state index contributed by atoms with van der Waals surface area (Å²) in [7, 11) is 0. The van der Waals surface area contributed by atoms with Gasteiger partial charge in [-0.05, 0) is 37.2 Å². The van der Waals surface area contributed by atoms with Crippen molar-refractivity contribution in [3.8, 4) is 0 Å². The molecule has 0 aliphatic heterocycles. The molecule has 88 valence electrons. The first-order chi connectivity index (χ1) is 8.40. The molecule has 3 unspecified atom stereocenters. The summed E-state index contributed by atoms with van der Waals surface area (Å²) in [6.45, 7) is 0. The van der Waals surface area contributed by atoms with Crippen LogP contribution in [0.5, 0.6) is 0 Å². The minimum atomic E-state index is 0.627. The van der Waals surface area contributed by atoms with Crippen LogP contribution in [-0.4, -0.2) is 20.6 Å². The molecule has 4 heteroatoms. The van der Waals surface area contributed by atoms with E-state index in [-0.39, 0.29) is 0 Å². The average molecular weight is 228 g/mol. The van der Waals surface area contributed by atoms with Gasteiger partial charge in [0.25, 0.3) is 0 Å². The molecule has 2 aliphatic carbocycles. The third-order valence-electron chi connectivity index (χ3n) is 4.38. The Kier molecular flexibility index (Phi) is 1.92. The van der Waals surface area contributed by atoms with E-state index >= 15 is 0 Å². The van der Waals surface area contributed by atoms with Crippen molar-refractivity contribution in [1.82, 2.24) is 14.6 Å². The molecule has 2 bridgehead atoms. The summed E-state index contributed by atoms with van der Waals surface area (Å²) < 4.78 is 1.88. The number of hydrogen-bond donors (Lipinski definition) is 1. The Bertz CT molecular complexity index is 547. The molecule has 0 amide bonds. The Labute approximate surface area is 100 Å². The van der Waals surface area contributed by atoms with Gasteiger partial charge in [0.15, 0.2) is 5.82 Å². The molecule has 2 aromatic heterocycles. The number of fused-ring (bicyclic) bond motifs is 3. The van der Waals surface area contributed by atoms with Crippen molar-refractivity contribution in [1.29, 1.82) is 0 Å². The second kappa shape index (κ2) is 3.45. The van der Waals surface area contributed by atoms with Gasteiger partial charge in [0.2, 0.25) is 0 Å². The van der Waals surface area contributed by atoms with E-state index in [1.165, 1.54) is 25.7 Å². The first-order valence-corrected chi connectivity index (χ1v) is 6.45. The molecule has 0 aromatic carbocycles. The molecule has 4 rings (SSSR count). The van der Waals surface area contributed by atoms with Crippen molar-refractivity contribution in [3.05, 3.63) is 24.7 Å². The fourth-order valence-corrected chi connectivity index (χ4v) is 3.57. The van der Waals surface area contributed by atoms with E-state index < -0.39 is 0 Å². The maximum absolute atomic E-state index is 4.45. The van der Waals surface area contributed by atoms with E-state index in [0.29, 0.717) is 6.04 Å². The fraction of sp³-hybridized carbons (Fsp3) is 0.538. The lowest BCUT2D eigenvalue weighted by Crippen LogP contribution is -2.26. The van der Waals surface area contributed by atoms with Crippen LogP contribution >= 0.6 is 0 Å². The molecule has 1 N–H and O–H groups in total. The Hall–Kier alpha value is -1.58. The smallest absolute Gasteiger partial charge is 0.152 e. The highest BCUT2D eigenvalue weighted by Gasteiger charge is 2.39. The lowest BCUT2D eigenvalue weighted by atomic mass is 9.95. The number of nitrogens with zero attached hydrogens (tertiary/aromatic N) is 3. The molecule has 0 radical (unpaired) electrons. The van der Waals surface area contributed by atoms with Crippen LogP contribution in [0.1, 0.15) is 25.7 Å². The van der Waals surface area contributed by atoms with Gasteiger partial charge >= 0.3 is 0 Å². The monoisotopic (exact) mass is 228 g/mol. The zero-order valence-corrected chi connectivity index (χ0v) is 9.71. The van der Waals surface area contributed by atoms with Crippen molar-refractivity contribution in [3.63, 3.8) is 0 Å². The maximum Gasteiger partial charge on any atom is 0.152 e. The van der Waals surface area contributed by atoms with Crippen molar-refractivity contribution in [2.24, 2.45) is 11.8 Å². The Morgan fingerprint density at radius 3 is 3.06 bits per heavy atom. The molecule has 2 saturated carbocycles. The van der Waals surface area contributed by atoms with E-state index in [0.717, 1.165) is 23.2 Å². The SMILES string of the molecule is c1cn2nccc2c(NC2CC3CCC2C3)n1. The van der Waals surface area contributed by atoms with Crippen LogP contribution in [0.3, 0.4) is 0 Å². The molecule has 2 heterocycles. The standard InChI is InChI=1S/C13H16N4/c1-2-10-7-9(1)8-11(10)16-13-12-3-4-15-17(12)6-5-14-13/h3-6,9-11H,1-2,7-8H2,(H,14,16). The molecule has 0 spiro atoms. The molecule has 4 nitrogen and oxygen atoms in total. The Balaban J connectivity index is 1.65. The molecule has 2 aromatic rings. The highest BCUT2D eigenvalue weighted by molar-refractivity contribution is 5.67. The lowest BCUT2D eigenvalue weighted by Gasteiger charge is -2.23. The van der Waals surface area contributed by atoms with Gasteiger partial charge in [0.1, 0.15) is 5.52 Å². The number of aromatic nitrogens is 3. The summed E-state index contributed by atoms with van der Waals surface area (Å²) in [6.07, 6.45) is 11.1. The highest BCUT2D eigenvalue weighted by atomic mass is 15.2. The largest absolute Gasteiger partial charge is 0.365 e. The normalized spacial score (nSPS) is 31.2. The summed E-state index contributed by atoms with van der Waals surface area (Å²) in [5.74, 6) is 2.81. The number of anilines is 1. The number of rotatable bonds is 2. The van der Waals surface area contributed by atoms with Gasteiger partial charge in [0.05, 0.1) is 6.20 Å². The molecule has 2 aliphatic rings. The van der Waals surface area contributed by atoms with Crippen LogP contribution in [0.4, 0.5) is 5.82 Å². The van der Waals surface area contributed by atoms with Gasteiger partial charge < -0.3 is 5.32 Å². The van der Waals surface area contributed by atoms with Crippen LogP contribution in [-0.2, 0) is 0 Å². The van der Waals surface area contributed by atoms with E-state index in [4.69, 9.17) is 0 Å². The van der Waals surface area contributed by atoms with Gasteiger partial charge in [-0.3, -0.25) is 0 Å². The summed E-state index contributed by atoms with van der Waals surface area (Å²) in [5.41, 5.74) is 1.08. The minimum absolute atomic E-state index is 0.627. The predicted molar refractivity (Wildman–Crippen MR) is 65.8 cm³/mol. The Morgan fingerprint density at radius 1 is 1.24 bits per heavy atom. The zero-order chi connectivity index (χ0) is 11.2. The molecule has 0 saturated heterocycles. The van der Waals surface area contributed by atoms with Gasteiger partial charge in [-0.25, -0.2) is 9.50 Å². The quantitative estimate of drug-likeness (QED) is 0.857. The predicted octanol–water partition coefficient (Wildman–Crippen LogP) is 2.33. The van der Waals surface area contributed by atoms with Crippen LogP contribution in [0, 0.1) is 11.8 Å². The third kappa shape index (κ3) is 1.43. The van der Waals surface area contributed by atoms with Crippen molar-refractivity contribution in [2.45, 2.75) is 31.7 Å². The maximum atomic E-state index is 4.45. The first-order valence-electron chi connectivity index (χ1n) is 6.45. The van der Waals surface area contributed by atoms with Crippen LogP contribution < -0.4 is 5.32 Å². The summed E-state index contributed by atoms with van der Waals surface area (Å²) >= 11 is 0. The molecule has 17 heavy (non-hydrogen) atoms. The van der Waals surface area contributed by atoms with Crippen molar-refractivity contribution >= 4 is 11.3 Å². The first kappa shape index (κ1) is 9.45. The zero-order valence-electron chi connectivity index (χ0n) is 9.71. The molecular formula is C13H16N4. The van der Waals surface area contributed by atoms with Gasteiger partial charge in [-0.2, -0.15) is 5.10 Å². The van der Waals surface area contributed by atoms with E-state index in [1.54, 1.807) is 0 Å². The second-order valence-electron chi connectivity index (χ2n) is 5.36. The van der Waals surface area contributed by atoms with Gasteiger partial charge in [-0.15, -0.1) is 0 Å². The van der Waals surface area contributed by atoms with Crippen LogP contribution in [0.15, 0.2) is 24.7 Å². The fourth-order valence-electron chi connectivity index (χ4n) is 3.57. The van der Waals surface area contributed by atoms with E-state index in [9.17, 15) is 0 Å². The minimum Gasteiger partial charge on any atom is -0.365 e. The van der Waals surface area contributed by atoms with Crippen LogP contribution in [0.2, 0.25) is 0 Å². The molecule has 3 atom stereocenters. The lowest BCUT2D eigenvalue weighted by molar-refractivity contribution is 0.439. The third-order valence-corrected chi connectivity index (χ3v) is 4.38. The number of hydrogen-bond acceptors (Lipinski definition) is 3. The van der Waals surface area contributed by atoms with Gasteiger partial charge in [0, 0.05) is 18.4 Å². The highest BCUT2D eigenvalue weighted by Crippen LogP contribution is 2.45. The van der Waals surface area contributed by atoms with E-state index in [2.05, 4.69) is 15.4 Å². The summed E-state index contributed by atoms with van der Waals surface area (Å²) in [5, 5.41) is 7.87. The summed E-state index contributed by atoms with van der Waals surface area (Å²) in [6, 6.07) is 2.64. The van der Waals surface area contributed by atoms with Crippen molar-refractivity contribution < 1.29 is 0 Å². The van der Waals surface area contributed by atoms with Gasteiger partial charge in [-0.1, -0.05) is 6.42 Å². The Morgan fingerprint density at radius 2 is 2.24 bits per heavy atom.